The van der Waals surface area contributed by atoms with E-state index in [1.54, 1.807) is 48.6 Å². The molecule has 0 aromatic heterocycles. The van der Waals surface area contributed by atoms with Crippen molar-refractivity contribution in [2.24, 2.45) is 55.7 Å². The number of hydrogen-bond acceptors (Lipinski definition) is 9. The second-order valence-electron chi connectivity index (χ2n) is 32.1. The molecule has 0 atom stereocenters. The van der Waals surface area contributed by atoms with Gasteiger partial charge in [0.1, 0.15) is 0 Å². The maximum Gasteiger partial charge on any atom is 0.330 e. The van der Waals surface area contributed by atoms with E-state index in [0.29, 0.717) is 67.5 Å². The molecule has 502 valence electrons. The molecule has 2 saturated carbocycles. The number of rotatable bonds is 24. The largest absolute Gasteiger partial charge is 0.466 e. The third-order valence-electron chi connectivity index (χ3n) is 12.3. The minimum absolute atomic E-state index is 0.0318. The molecule has 2 fully saturated rings. The van der Waals surface area contributed by atoms with E-state index in [1.807, 2.05) is 65.8 Å². The van der Waals surface area contributed by atoms with Crippen LogP contribution >= 0.6 is 0 Å². The number of ketones is 5. The van der Waals surface area contributed by atoms with E-state index in [1.165, 1.54) is 51.4 Å². The van der Waals surface area contributed by atoms with Crippen molar-refractivity contribution in [3.05, 3.63) is 97.2 Å². The van der Waals surface area contributed by atoms with Gasteiger partial charge in [0, 0.05) is 44.3 Å². The number of carbonyl (C=O) groups excluding carboxylic acids is 7. The number of allylic oxidation sites excluding steroid dienone is 14. The summed E-state index contributed by atoms with van der Waals surface area (Å²) < 4.78 is 9.45. The number of methoxy groups -OCH3 is 1. The van der Waals surface area contributed by atoms with Gasteiger partial charge in [-0.2, -0.15) is 0 Å². The van der Waals surface area contributed by atoms with Crippen LogP contribution in [-0.2, 0) is 43.0 Å². The summed E-state index contributed by atoms with van der Waals surface area (Å²) in [7, 11) is 1.39. The number of esters is 2. The van der Waals surface area contributed by atoms with Crippen molar-refractivity contribution in [2.45, 2.75) is 289 Å². The highest BCUT2D eigenvalue weighted by molar-refractivity contribution is 5.91. The van der Waals surface area contributed by atoms with Gasteiger partial charge in [-0.25, -0.2) is 9.59 Å². The summed E-state index contributed by atoms with van der Waals surface area (Å²) in [6.07, 6.45) is 45.3. The molecule has 0 amide bonds. The first kappa shape index (κ1) is 90.9. The summed E-state index contributed by atoms with van der Waals surface area (Å²) >= 11 is 0. The maximum absolute atomic E-state index is 11.4. The molecule has 0 bridgehead atoms. The van der Waals surface area contributed by atoms with Crippen LogP contribution < -0.4 is 0 Å². The summed E-state index contributed by atoms with van der Waals surface area (Å²) in [6, 6.07) is 0. The first-order chi connectivity index (χ1) is 39.6. The average molecular weight is 1220 g/mol. The topological polar surface area (TPSA) is 138 Å². The summed E-state index contributed by atoms with van der Waals surface area (Å²) in [4.78, 5) is 77.9. The molecule has 2 rings (SSSR count). The highest BCUT2D eigenvalue weighted by atomic mass is 16.5. The van der Waals surface area contributed by atoms with Crippen molar-refractivity contribution < 1.29 is 43.0 Å². The smallest absolute Gasteiger partial charge is 0.330 e. The molecule has 0 aromatic rings. The van der Waals surface area contributed by atoms with E-state index in [4.69, 9.17) is 4.74 Å². The van der Waals surface area contributed by atoms with Crippen LogP contribution in [0.3, 0.4) is 0 Å². The molecular formula is C78H136O9. The first-order valence-corrected chi connectivity index (χ1v) is 32.8. The van der Waals surface area contributed by atoms with Gasteiger partial charge in [0.25, 0.3) is 0 Å². The summed E-state index contributed by atoms with van der Waals surface area (Å²) in [5.74, 6) is 2.65. The average Bonchev–Trinajstić information content (AvgIpc) is 4.33. The van der Waals surface area contributed by atoms with Crippen molar-refractivity contribution in [3.8, 4) is 0 Å². The molecule has 0 N–H and O–H groups in total. The van der Waals surface area contributed by atoms with Crippen LogP contribution in [-0.4, -0.2) is 54.6 Å². The van der Waals surface area contributed by atoms with Crippen LogP contribution in [0.15, 0.2) is 97.2 Å². The molecule has 2 aliphatic rings. The van der Waals surface area contributed by atoms with Gasteiger partial charge in [-0.3, -0.25) is 24.0 Å². The lowest BCUT2D eigenvalue weighted by Crippen LogP contribution is -2.17. The quantitative estimate of drug-likeness (QED) is 0.0525. The lowest BCUT2D eigenvalue weighted by atomic mass is 9.84. The molecule has 0 aliphatic heterocycles. The zero-order valence-electron chi connectivity index (χ0n) is 61.4. The summed E-state index contributed by atoms with van der Waals surface area (Å²) in [5, 5.41) is 0. The monoisotopic (exact) mass is 1220 g/mol. The minimum atomic E-state index is -0.284. The van der Waals surface area contributed by atoms with Gasteiger partial charge in [0.05, 0.1) is 13.7 Å². The summed E-state index contributed by atoms with van der Waals surface area (Å²) in [5.41, 5.74) is 1.58. The Morgan fingerprint density at radius 3 is 1.14 bits per heavy atom. The molecule has 0 aromatic carbocycles. The Labute approximate surface area is 537 Å². The number of hydrogen-bond donors (Lipinski definition) is 0. The SMILES string of the molecule is C/C=C/C(=O)CC(C)(C)C.C/C=C/C=C/C(=O)OCC(C)(C)C.CC(C)(C)CCC(=O)/C=C/C1CC1.CC(C)(C)CCC(=O)/C=C/C1CCC1.CC(C)/C=C/C(=O)CCC(C)(C)C.CC/C=C/C(=O)CCC(C)(C)C.COC(=O)/C=C/CCC(C)(C)C. The number of carbonyl (C=O) groups is 7. The van der Waals surface area contributed by atoms with Gasteiger partial charge in [-0.15, -0.1) is 0 Å². The molecule has 0 unspecified atom stereocenters. The van der Waals surface area contributed by atoms with Gasteiger partial charge < -0.3 is 9.47 Å². The molecule has 0 spiro atoms. The Morgan fingerprint density at radius 2 is 0.828 bits per heavy atom. The fraction of sp³-hybridized carbons (Fsp3) is 0.705. The Bertz CT molecular complexity index is 2090. The predicted molar refractivity (Wildman–Crippen MR) is 375 cm³/mol. The van der Waals surface area contributed by atoms with Crippen LogP contribution in [0, 0.1) is 55.7 Å². The lowest BCUT2D eigenvalue weighted by molar-refractivity contribution is -0.140. The Balaban J connectivity index is -0.000000301. The zero-order chi connectivity index (χ0) is 68.7. The molecular weight excluding hydrogens is 1080 g/mol. The lowest BCUT2D eigenvalue weighted by Gasteiger charge is -2.21. The van der Waals surface area contributed by atoms with Crippen molar-refractivity contribution in [2.75, 3.05) is 13.7 Å². The van der Waals surface area contributed by atoms with Crippen LogP contribution in [0.1, 0.15) is 289 Å². The van der Waals surface area contributed by atoms with Crippen LogP contribution in [0.25, 0.3) is 0 Å². The third-order valence-corrected chi connectivity index (χ3v) is 12.3. The van der Waals surface area contributed by atoms with E-state index in [0.717, 1.165) is 50.9 Å². The molecule has 9 nitrogen and oxygen atoms in total. The minimum Gasteiger partial charge on any atom is -0.466 e. The standard InChI is InChI=1S/C13H22O.C12H20O.C12H22O.C11H18O2.C11H20O.C10H18O2.C9H16O/c1-13(2,3)10-9-12(14)8-7-11-5-4-6-11;1-12(2,3)9-8-11(13)7-6-10-4-5-10;1-10(2)6-7-11(13)8-9-12(3,4)5;1-5-6-7-8-10(12)13-9-11(2,3)4;1-5-6-7-10(12)8-9-11(2,3)4;1-10(2,3)8-6-5-7-9(11)12-4;1-5-6-8(10)7-9(2,3)4/h7-8,11H,4-6,9-10H2,1-3H3;6-7,10H,4-5,8-9H2,1-3H3;6-7,10H,8-9H2,1-5H3;5-8H,9H2,1-4H3;6-7H,5,8-9H2,1-4H3;5,7H,6,8H2,1-4H3;5-6H,7H2,1-4H3/b8-7+;2*7-6+;6-5+,8-7+;7-6+;7-5+;6-5+. The van der Waals surface area contributed by atoms with E-state index >= 15 is 0 Å². The molecule has 0 saturated heterocycles. The zero-order valence-corrected chi connectivity index (χ0v) is 61.4. The van der Waals surface area contributed by atoms with Gasteiger partial charge >= 0.3 is 11.9 Å². The Kier molecular flexibility index (Phi) is 51.3. The third kappa shape index (κ3) is 87.7. The van der Waals surface area contributed by atoms with Gasteiger partial charge in [-0.1, -0.05) is 227 Å². The van der Waals surface area contributed by atoms with Gasteiger partial charge in [0.15, 0.2) is 28.9 Å². The molecule has 0 heterocycles. The van der Waals surface area contributed by atoms with Gasteiger partial charge in [-0.05, 0) is 171 Å². The second kappa shape index (κ2) is 49.0. The van der Waals surface area contributed by atoms with Gasteiger partial charge in [0.2, 0.25) is 0 Å². The van der Waals surface area contributed by atoms with E-state index < -0.39 is 0 Å². The maximum atomic E-state index is 11.4. The predicted octanol–water partition coefficient (Wildman–Crippen LogP) is 21.8. The fourth-order valence-electron chi connectivity index (χ4n) is 6.40. The second-order valence-corrected chi connectivity index (χ2v) is 32.1. The molecule has 9 heteroatoms. The van der Waals surface area contributed by atoms with Crippen LogP contribution in [0.5, 0.6) is 0 Å². The molecule has 2 aliphatic carbocycles. The molecule has 0 radical (unpaired) electrons. The van der Waals surface area contributed by atoms with Crippen LogP contribution in [0.2, 0.25) is 0 Å². The van der Waals surface area contributed by atoms with Crippen molar-refractivity contribution in [1.29, 1.82) is 0 Å². The van der Waals surface area contributed by atoms with E-state index in [2.05, 4.69) is 155 Å². The summed E-state index contributed by atoms with van der Waals surface area (Å²) in [6.45, 7) is 55.2. The Hall–Kier alpha value is -4.79. The first-order valence-electron chi connectivity index (χ1n) is 32.8. The molecule has 87 heavy (non-hydrogen) atoms. The van der Waals surface area contributed by atoms with Crippen molar-refractivity contribution in [3.63, 3.8) is 0 Å². The van der Waals surface area contributed by atoms with E-state index in [-0.39, 0.29) is 61.8 Å². The van der Waals surface area contributed by atoms with Crippen LogP contribution in [0.4, 0.5) is 0 Å². The van der Waals surface area contributed by atoms with E-state index in [9.17, 15) is 33.6 Å². The van der Waals surface area contributed by atoms with Crippen molar-refractivity contribution >= 4 is 40.9 Å². The normalized spacial score (nSPS) is 14.3. The highest BCUT2D eigenvalue weighted by Crippen LogP contribution is 2.31. The number of ether oxygens (including phenoxy) is 2. The highest BCUT2D eigenvalue weighted by Gasteiger charge is 2.19. The van der Waals surface area contributed by atoms with Crippen molar-refractivity contribution in [1.82, 2.24) is 0 Å². The Morgan fingerprint density at radius 1 is 0.425 bits per heavy atom. The fourth-order valence-corrected chi connectivity index (χ4v) is 6.40.